The number of hydrogen-bond acceptors (Lipinski definition) is 2. The van der Waals surface area contributed by atoms with Gasteiger partial charge in [-0.3, -0.25) is 9.52 Å². The second-order valence-electron chi connectivity index (χ2n) is 6.91. The molecule has 0 spiro atoms. The molecule has 0 unspecified atom stereocenters. The third-order valence-corrected chi connectivity index (χ3v) is 5.27. The third-order valence-electron chi connectivity index (χ3n) is 4.73. The molecule has 3 aromatic carbocycles. The van der Waals surface area contributed by atoms with Gasteiger partial charge in [0.2, 0.25) is 0 Å². The van der Waals surface area contributed by atoms with Crippen LogP contribution in [0.5, 0.6) is 0 Å². The molecular weight excluding hydrogens is 431 g/mol. The maximum atomic E-state index is 12.2. The average molecular weight is 454 g/mol. The molecule has 0 radical (unpaired) electrons. The first kappa shape index (κ1) is 23.4. The minimum Gasteiger partial charge on any atom is -0.289 e. The van der Waals surface area contributed by atoms with Crippen LogP contribution in [0.1, 0.15) is 35.6 Å². The van der Waals surface area contributed by atoms with Crippen LogP contribution in [0.2, 0.25) is 0 Å². The molecule has 0 atom stereocenters. The number of amides is 1. The Labute approximate surface area is 190 Å². The number of rotatable bonds is 7. The number of hydrogen-bond donors (Lipinski definition) is 1. The van der Waals surface area contributed by atoms with Crippen molar-refractivity contribution >= 4 is 35.1 Å². The van der Waals surface area contributed by atoms with Crippen molar-refractivity contribution in [1.82, 2.24) is 4.72 Å². The minimum absolute atomic E-state index is 0.573. The predicted molar refractivity (Wildman–Crippen MR) is 126 cm³/mol. The fourth-order valence-electron chi connectivity index (χ4n) is 3.36. The smallest absolute Gasteiger partial charge is 0.289 e. The van der Waals surface area contributed by atoms with Crippen molar-refractivity contribution in [3.8, 4) is 0 Å². The van der Waals surface area contributed by atoms with Crippen LogP contribution in [0.3, 0.4) is 0 Å². The molecular formula is C26H22F3NOS. The van der Waals surface area contributed by atoms with Crippen LogP contribution < -0.4 is 4.72 Å². The summed E-state index contributed by atoms with van der Waals surface area (Å²) in [6, 6.07) is 28.0. The molecule has 0 aromatic heterocycles. The summed E-state index contributed by atoms with van der Waals surface area (Å²) < 4.78 is 38.3. The Morgan fingerprint density at radius 1 is 0.844 bits per heavy atom. The van der Waals surface area contributed by atoms with Gasteiger partial charge in [-0.15, -0.1) is 0 Å². The molecule has 0 heterocycles. The third kappa shape index (κ3) is 6.62. The number of allylic oxidation sites excluding steroid dienone is 1. The van der Waals surface area contributed by atoms with Crippen molar-refractivity contribution in [2.24, 2.45) is 0 Å². The van der Waals surface area contributed by atoms with E-state index in [2.05, 4.69) is 31.2 Å². The van der Waals surface area contributed by atoms with Gasteiger partial charge in [0.1, 0.15) is 0 Å². The quantitative estimate of drug-likeness (QED) is 0.230. The van der Waals surface area contributed by atoms with Crippen LogP contribution in [0.25, 0.3) is 17.2 Å². The first-order chi connectivity index (χ1) is 15.4. The topological polar surface area (TPSA) is 29.1 Å². The van der Waals surface area contributed by atoms with Gasteiger partial charge in [0.05, 0.1) is 11.9 Å². The molecule has 6 heteroatoms. The number of nitrogens with one attached hydrogen (secondary N) is 1. The van der Waals surface area contributed by atoms with Crippen LogP contribution in [0.15, 0.2) is 91.0 Å². The van der Waals surface area contributed by atoms with E-state index in [-0.39, 0.29) is 0 Å². The zero-order chi connectivity index (χ0) is 23.0. The molecule has 3 rings (SSSR count). The highest BCUT2D eigenvalue weighted by atomic mass is 32.2. The van der Waals surface area contributed by atoms with Crippen LogP contribution in [0.4, 0.5) is 13.2 Å². The average Bonchev–Trinajstić information content (AvgIpc) is 2.81. The van der Waals surface area contributed by atoms with Crippen molar-refractivity contribution in [3.63, 3.8) is 0 Å². The molecule has 0 aliphatic carbocycles. The summed E-state index contributed by atoms with van der Waals surface area (Å²) in [6.45, 7) is 2.12. The minimum atomic E-state index is -4.51. The molecule has 0 fully saturated rings. The van der Waals surface area contributed by atoms with Gasteiger partial charge in [-0.1, -0.05) is 91.9 Å². The SMILES string of the molecule is CC/C(=C(\c1ccccc1)c1ccc(/C=C/C(=O)NSC(F)(F)F)cc1)c1ccccc1. The number of carbonyl (C=O) groups is 1. The Kier molecular flexibility index (Phi) is 7.95. The zero-order valence-electron chi connectivity index (χ0n) is 17.4. The predicted octanol–water partition coefficient (Wildman–Crippen LogP) is 7.35. The van der Waals surface area contributed by atoms with E-state index in [4.69, 9.17) is 0 Å². The lowest BCUT2D eigenvalue weighted by molar-refractivity contribution is -0.115. The molecule has 0 bridgehead atoms. The monoisotopic (exact) mass is 453 g/mol. The van der Waals surface area contributed by atoms with Crippen molar-refractivity contribution in [2.45, 2.75) is 18.9 Å². The Morgan fingerprint density at radius 2 is 1.38 bits per heavy atom. The van der Waals surface area contributed by atoms with E-state index < -0.39 is 23.4 Å². The van der Waals surface area contributed by atoms with Crippen LogP contribution in [0, 0.1) is 0 Å². The molecule has 32 heavy (non-hydrogen) atoms. The summed E-state index contributed by atoms with van der Waals surface area (Å²) in [7, 11) is 0. The second kappa shape index (κ2) is 10.9. The van der Waals surface area contributed by atoms with E-state index in [1.807, 2.05) is 60.7 Å². The molecule has 0 saturated heterocycles. The lowest BCUT2D eigenvalue weighted by atomic mass is 9.88. The van der Waals surface area contributed by atoms with Crippen molar-refractivity contribution in [2.75, 3.05) is 0 Å². The van der Waals surface area contributed by atoms with Crippen molar-refractivity contribution in [3.05, 3.63) is 113 Å². The largest absolute Gasteiger partial charge is 0.461 e. The highest BCUT2D eigenvalue weighted by Gasteiger charge is 2.29. The highest BCUT2D eigenvalue weighted by molar-refractivity contribution is 7.98. The Bertz CT molecular complexity index is 1090. The first-order valence-corrected chi connectivity index (χ1v) is 10.9. The Hall–Kier alpha value is -3.25. The molecule has 164 valence electrons. The van der Waals surface area contributed by atoms with E-state index >= 15 is 0 Å². The zero-order valence-corrected chi connectivity index (χ0v) is 18.2. The summed E-state index contributed by atoms with van der Waals surface area (Å²) in [6.07, 6.45) is 3.41. The standard InChI is InChI=1S/C26H22F3NOS/c1-2-23(20-9-5-3-6-10-20)25(21-11-7-4-8-12-21)22-16-13-19(14-17-22)15-18-24(31)30-32-26(27,28)29/h3-18H,2H2,1H3,(H,30,31)/b18-15+,25-23-. The summed E-state index contributed by atoms with van der Waals surface area (Å²) >= 11 is -0.573. The van der Waals surface area contributed by atoms with Crippen LogP contribution in [-0.4, -0.2) is 11.4 Å². The van der Waals surface area contributed by atoms with Gasteiger partial charge in [0, 0.05) is 6.08 Å². The summed E-state index contributed by atoms with van der Waals surface area (Å²) in [5.41, 5.74) is 1.80. The lowest BCUT2D eigenvalue weighted by Gasteiger charge is -2.16. The first-order valence-electron chi connectivity index (χ1n) is 10.0. The maximum absolute atomic E-state index is 12.2. The lowest BCUT2D eigenvalue weighted by Crippen LogP contribution is -2.18. The summed E-state index contributed by atoms with van der Waals surface area (Å²) in [4.78, 5) is 11.6. The van der Waals surface area contributed by atoms with Gasteiger partial charge in [-0.25, -0.2) is 0 Å². The van der Waals surface area contributed by atoms with E-state index in [0.29, 0.717) is 5.56 Å². The fraction of sp³-hybridized carbons (Fsp3) is 0.115. The molecule has 3 aromatic rings. The number of carbonyl (C=O) groups excluding carboxylic acids is 1. The van der Waals surface area contributed by atoms with Gasteiger partial charge in [0.25, 0.3) is 5.91 Å². The molecule has 0 aliphatic heterocycles. The molecule has 0 aliphatic rings. The van der Waals surface area contributed by atoms with Crippen LogP contribution in [-0.2, 0) is 4.79 Å². The van der Waals surface area contributed by atoms with Gasteiger partial charge in [-0.2, -0.15) is 13.2 Å². The second-order valence-corrected chi connectivity index (χ2v) is 7.78. The molecule has 1 N–H and O–H groups in total. The maximum Gasteiger partial charge on any atom is 0.461 e. The fourth-order valence-corrected chi connectivity index (χ4v) is 3.64. The van der Waals surface area contributed by atoms with E-state index in [1.54, 1.807) is 4.72 Å². The van der Waals surface area contributed by atoms with E-state index in [9.17, 15) is 18.0 Å². The van der Waals surface area contributed by atoms with Crippen molar-refractivity contribution < 1.29 is 18.0 Å². The molecule has 2 nitrogen and oxygen atoms in total. The van der Waals surface area contributed by atoms with Crippen molar-refractivity contribution in [1.29, 1.82) is 0 Å². The molecule has 0 saturated carbocycles. The molecule has 1 amide bonds. The van der Waals surface area contributed by atoms with E-state index in [1.165, 1.54) is 11.6 Å². The Balaban J connectivity index is 1.91. The van der Waals surface area contributed by atoms with Gasteiger partial charge >= 0.3 is 5.51 Å². The van der Waals surface area contributed by atoms with Crippen LogP contribution >= 0.6 is 11.9 Å². The Morgan fingerprint density at radius 3 is 1.91 bits per heavy atom. The highest BCUT2D eigenvalue weighted by Crippen LogP contribution is 2.34. The van der Waals surface area contributed by atoms with E-state index in [0.717, 1.165) is 34.8 Å². The van der Waals surface area contributed by atoms with Gasteiger partial charge in [0.15, 0.2) is 0 Å². The van der Waals surface area contributed by atoms with Gasteiger partial charge in [-0.05, 0) is 45.9 Å². The normalized spacial score (nSPS) is 12.5. The summed E-state index contributed by atoms with van der Waals surface area (Å²) in [5.74, 6) is -0.821. The number of halogens is 3. The van der Waals surface area contributed by atoms with Gasteiger partial charge < -0.3 is 0 Å². The summed E-state index contributed by atoms with van der Waals surface area (Å²) in [5, 5.41) is 0. The number of benzene rings is 3. The number of alkyl halides is 3.